The molecule has 0 bridgehead atoms. The average Bonchev–Trinajstić information content (AvgIpc) is 3.67. The predicted octanol–water partition coefficient (Wildman–Crippen LogP) is 7.58. The van der Waals surface area contributed by atoms with Gasteiger partial charge in [0.2, 0.25) is 5.78 Å². The van der Waals surface area contributed by atoms with Gasteiger partial charge in [-0.3, -0.25) is 9.59 Å². The molecule has 0 saturated heterocycles. The van der Waals surface area contributed by atoms with E-state index in [1.54, 1.807) is 17.5 Å². The molecule has 0 aliphatic heterocycles. The van der Waals surface area contributed by atoms with Crippen LogP contribution in [0.3, 0.4) is 0 Å². The molecule has 5 rings (SSSR count). The van der Waals surface area contributed by atoms with Gasteiger partial charge in [-0.2, -0.15) is 0 Å². The molecule has 3 aromatic heterocycles. The normalized spacial score (nSPS) is 10.7. The number of rotatable bonds is 7. The summed E-state index contributed by atoms with van der Waals surface area (Å²) < 4.78 is 0. The number of halogens is 1. The molecule has 0 radical (unpaired) electrons. The van der Waals surface area contributed by atoms with Gasteiger partial charge in [0, 0.05) is 51.9 Å². The second-order valence-corrected chi connectivity index (χ2v) is 11.5. The summed E-state index contributed by atoms with van der Waals surface area (Å²) in [6.07, 6.45) is 4.65. The fourth-order valence-corrected chi connectivity index (χ4v) is 5.39. The molecule has 0 aliphatic rings. The van der Waals surface area contributed by atoms with Crippen molar-refractivity contribution in [2.24, 2.45) is 11.7 Å². The van der Waals surface area contributed by atoms with E-state index in [9.17, 15) is 9.59 Å². The molecule has 39 heavy (non-hydrogen) atoms. The van der Waals surface area contributed by atoms with Crippen molar-refractivity contribution in [3.8, 4) is 0 Å². The lowest BCUT2D eigenvalue weighted by atomic mass is 10.1. The van der Waals surface area contributed by atoms with Gasteiger partial charge in [-0.05, 0) is 23.6 Å². The summed E-state index contributed by atoms with van der Waals surface area (Å²) in [5.74, 6) is 0.662. The van der Waals surface area contributed by atoms with E-state index in [0.717, 1.165) is 17.3 Å². The Morgan fingerprint density at radius 3 is 2.10 bits per heavy atom. The van der Waals surface area contributed by atoms with Crippen LogP contribution in [-0.4, -0.2) is 36.8 Å². The fraction of sp³-hybridized carbons (Fsp3) is 0.267. The van der Waals surface area contributed by atoms with Crippen LogP contribution in [0.4, 0.5) is 0 Å². The number of aromatic nitrogens is 3. The number of fused-ring (bicyclic) bond motifs is 2. The second-order valence-electron chi connectivity index (χ2n) is 9.55. The number of carbonyl (C=O) groups excluding carboxylic acids is 2. The van der Waals surface area contributed by atoms with Crippen LogP contribution in [-0.2, 0) is 11.2 Å². The molecule has 0 amide bonds. The third kappa shape index (κ3) is 8.17. The van der Waals surface area contributed by atoms with Crippen LogP contribution < -0.4 is 5.73 Å². The van der Waals surface area contributed by atoms with Crippen molar-refractivity contribution in [2.45, 2.75) is 40.0 Å². The molecular weight excluding hydrogens is 592 g/mol. The quantitative estimate of drug-likeness (QED) is 0.0983. The van der Waals surface area contributed by atoms with E-state index in [0.29, 0.717) is 16.8 Å². The maximum Gasteiger partial charge on any atom is 0.221 e. The molecule has 9 heteroatoms. The lowest BCUT2D eigenvalue weighted by molar-refractivity contribution is -0.119. The first-order valence-corrected chi connectivity index (χ1v) is 15.0. The van der Waals surface area contributed by atoms with Crippen molar-refractivity contribution >= 4 is 77.8 Å². The lowest BCUT2D eigenvalue weighted by Gasteiger charge is -1.98. The Kier molecular flexibility index (Phi) is 11.2. The molecule has 204 valence electrons. The third-order valence-electron chi connectivity index (χ3n) is 6.01. The van der Waals surface area contributed by atoms with Crippen LogP contribution in [0, 0.1) is 5.92 Å². The summed E-state index contributed by atoms with van der Waals surface area (Å²) in [4.78, 5) is 32.9. The van der Waals surface area contributed by atoms with Gasteiger partial charge < -0.3 is 15.7 Å². The van der Waals surface area contributed by atoms with Gasteiger partial charge in [0.05, 0.1) is 21.6 Å². The topological polar surface area (TPSA) is 105 Å². The molecule has 4 N–H and O–H groups in total. The highest BCUT2D eigenvalue weighted by atomic mass is 79.9. The van der Waals surface area contributed by atoms with Crippen molar-refractivity contribution in [3.05, 3.63) is 88.1 Å². The largest absolute Gasteiger partial charge is 0.387 e. The Morgan fingerprint density at radius 1 is 0.974 bits per heavy atom. The summed E-state index contributed by atoms with van der Waals surface area (Å²) in [7, 11) is 0. The summed E-state index contributed by atoms with van der Waals surface area (Å²) >= 11 is 9.47. The Balaban J connectivity index is 0.000000178. The molecule has 0 unspecified atom stereocenters. The number of alkyl halides is 1. The Hall–Kier alpha value is -3.14. The predicted molar refractivity (Wildman–Crippen MR) is 170 cm³/mol. The van der Waals surface area contributed by atoms with Gasteiger partial charge in [-0.1, -0.05) is 92.2 Å². The molecule has 0 spiro atoms. The first-order chi connectivity index (χ1) is 18.6. The molecule has 5 aromatic rings. The molecule has 0 saturated carbocycles. The summed E-state index contributed by atoms with van der Waals surface area (Å²) in [5.41, 5.74) is 10.5. The van der Waals surface area contributed by atoms with Gasteiger partial charge in [0.15, 0.2) is 0 Å². The minimum absolute atomic E-state index is 0.102. The highest BCUT2D eigenvalue weighted by Crippen LogP contribution is 2.24. The van der Waals surface area contributed by atoms with Crippen LogP contribution in [0.1, 0.15) is 60.2 Å². The highest BCUT2D eigenvalue weighted by molar-refractivity contribution is 9.09. The molecular formula is C30H33BrN4O2S2. The number of hydrogen-bond donors (Lipinski definition) is 3. The van der Waals surface area contributed by atoms with E-state index in [2.05, 4.69) is 87.8 Å². The number of hydrogen-bond acceptors (Lipinski definition) is 5. The van der Waals surface area contributed by atoms with E-state index in [-0.39, 0.29) is 22.5 Å². The first kappa shape index (κ1) is 30.4. The van der Waals surface area contributed by atoms with Crippen LogP contribution in [0.15, 0.2) is 66.3 Å². The number of carbonyl (C=O) groups is 2. The SMILES string of the molecule is CC(C)C(=O)CBr.CC(C)c1csc(Cc2c[nH]c3ccccc23)n1.NC(=S)C(=O)c1c[nH]c2ccccc12. The number of aromatic amines is 2. The number of nitrogens with zero attached hydrogens (tertiary/aromatic N) is 1. The molecule has 0 aliphatic carbocycles. The molecule has 6 nitrogen and oxygen atoms in total. The third-order valence-corrected chi connectivity index (χ3v) is 7.62. The van der Waals surface area contributed by atoms with Gasteiger partial charge in [-0.25, -0.2) is 4.98 Å². The Labute approximate surface area is 246 Å². The van der Waals surface area contributed by atoms with Gasteiger partial charge in [-0.15, -0.1) is 11.3 Å². The van der Waals surface area contributed by atoms with Crippen LogP contribution in [0.25, 0.3) is 21.8 Å². The maximum absolute atomic E-state index is 11.5. The number of para-hydroxylation sites is 2. The van der Waals surface area contributed by atoms with E-state index >= 15 is 0 Å². The van der Waals surface area contributed by atoms with Crippen molar-refractivity contribution in [1.82, 2.24) is 15.0 Å². The lowest BCUT2D eigenvalue weighted by Crippen LogP contribution is -2.20. The molecule has 3 heterocycles. The van der Waals surface area contributed by atoms with E-state index < -0.39 is 0 Å². The van der Waals surface area contributed by atoms with E-state index in [1.807, 2.05) is 38.1 Å². The smallest absolute Gasteiger partial charge is 0.221 e. The van der Waals surface area contributed by atoms with Gasteiger partial charge in [0.1, 0.15) is 10.8 Å². The number of thiocarbonyl (C=S) groups is 1. The number of Topliss-reactive ketones (excluding diaryl/α,β-unsaturated/α-hetero) is 2. The minimum atomic E-state index is -0.294. The van der Waals surface area contributed by atoms with E-state index in [4.69, 9.17) is 10.7 Å². The molecule has 0 atom stereocenters. The number of benzene rings is 2. The maximum atomic E-state index is 11.5. The number of nitrogens with one attached hydrogen (secondary N) is 2. The van der Waals surface area contributed by atoms with Crippen LogP contribution >= 0.6 is 39.5 Å². The number of ketones is 2. The van der Waals surface area contributed by atoms with Crippen molar-refractivity contribution in [1.29, 1.82) is 0 Å². The Bertz CT molecular complexity index is 1570. The standard InChI is InChI=1S/C15H16N2S.C10H8N2OS.C5H9BrO/c1-10(2)14-9-18-15(17-14)7-11-8-16-13-6-4-3-5-12(11)13;11-10(14)9(13)7-5-12-8-4-2-1-3-6(7)8;1-4(2)5(7)3-6/h3-6,8-10,16H,7H2,1-2H3;1-5,12H,(H2,11,14);4H,3H2,1-2H3. The monoisotopic (exact) mass is 624 g/mol. The van der Waals surface area contributed by atoms with Crippen LogP contribution in [0.5, 0.6) is 0 Å². The van der Waals surface area contributed by atoms with Crippen LogP contribution in [0.2, 0.25) is 0 Å². The average molecular weight is 626 g/mol. The summed E-state index contributed by atoms with van der Waals surface area (Å²) in [5, 5.41) is 6.02. The zero-order valence-electron chi connectivity index (χ0n) is 22.5. The van der Waals surface area contributed by atoms with Crippen molar-refractivity contribution in [3.63, 3.8) is 0 Å². The summed E-state index contributed by atoms with van der Waals surface area (Å²) in [6, 6.07) is 15.9. The number of thiazole rings is 1. The fourth-order valence-electron chi connectivity index (χ4n) is 3.66. The number of nitrogens with two attached hydrogens (primary N) is 1. The Morgan fingerprint density at radius 2 is 1.56 bits per heavy atom. The summed E-state index contributed by atoms with van der Waals surface area (Å²) in [6.45, 7) is 8.15. The van der Waals surface area contributed by atoms with Gasteiger partial charge in [0.25, 0.3) is 0 Å². The van der Waals surface area contributed by atoms with Crippen molar-refractivity contribution in [2.75, 3.05) is 5.33 Å². The minimum Gasteiger partial charge on any atom is -0.387 e. The van der Waals surface area contributed by atoms with E-state index in [1.165, 1.54) is 27.2 Å². The second kappa shape index (κ2) is 14.3. The zero-order chi connectivity index (χ0) is 28.5. The first-order valence-electron chi connectivity index (χ1n) is 12.6. The van der Waals surface area contributed by atoms with Crippen molar-refractivity contribution < 1.29 is 9.59 Å². The highest BCUT2D eigenvalue weighted by Gasteiger charge is 2.13. The molecule has 2 aromatic carbocycles. The number of H-pyrrole nitrogens is 2. The van der Waals surface area contributed by atoms with Gasteiger partial charge >= 0.3 is 0 Å². The molecule has 0 fully saturated rings. The zero-order valence-corrected chi connectivity index (χ0v) is 25.7.